The molecule has 172 valence electrons. The molecule has 0 bridgehead atoms. The van der Waals surface area contributed by atoms with Gasteiger partial charge in [0, 0.05) is 6.54 Å². The van der Waals surface area contributed by atoms with Crippen LogP contribution in [-0.4, -0.2) is 68.4 Å². The molecule has 4 heterocycles. The van der Waals surface area contributed by atoms with Crippen LogP contribution >= 0.6 is 0 Å². The SMILES string of the molecule is CCNC(=O)Nc1ncnc2c1ncn2C1OC(CO)C2O[C@H](/C=C/c3ccccc3)O[C@@H]21. The zero-order valence-electron chi connectivity index (χ0n) is 17.9. The van der Waals surface area contributed by atoms with Gasteiger partial charge in [0.25, 0.3) is 0 Å². The lowest BCUT2D eigenvalue weighted by atomic mass is 10.1. The maximum absolute atomic E-state index is 11.9. The summed E-state index contributed by atoms with van der Waals surface area (Å²) >= 11 is 0. The van der Waals surface area contributed by atoms with E-state index in [0.717, 1.165) is 5.56 Å². The van der Waals surface area contributed by atoms with Crippen LogP contribution in [-0.2, 0) is 14.2 Å². The molecule has 11 nitrogen and oxygen atoms in total. The molecule has 33 heavy (non-hydrogen) atoms. The first kappa shape index (κ1) is 21.5. The van der Waals surface area contributed by atoms with Crippen LogP contribution in [0.2, 0.25) is 0 Å². The van der Waals surface area contributed by atoms with Crippen LogP contribution in [0.5, 0.6) is 0 Å². The summed E-state index contributed by atoms with van der Waals surface area (Å²) in [4.78, 5) is 24.8. The van der Waals surface area contributed by atoms with Crippen molar-refractivity contribution in [3.63, 3.8) is 0 Å². The normalized spacial score (nSPS) is 26.7. The molecule has 3 aromatic rings. The van der Waals surface area contributed by atoms with E-state index >= 15 is 0 Å². The van der Waals surface area contributed by atoms with Crippen molar-refractivity contribution in [1.82, 2.24) is 24.8 Å². The highest BCUT2D eigenvalue weighted by Gasteiger charge is 2.53. The van der Waals surface area contributed by atoms with E-state index in [1.165, 1.54) is 6.33 Å². The summed E-state index contributed by atoms with van der Waals surface area (Å²) in [5.74, 6) is 0.283. The minimum Gasteiger partial charge on any atom is -0.394 e. The van der Waals surface area contributed by atoms with Gasteiger partial charge < -0.3 is 24.6 Å². The Bertz CT molecular complexity index is 1150. The largest absolute Gasteiger partial charge is 0.394 e. The molecule has 0 saturated carbocycles. The topological polar surface area (TPSA) is 133 Å². The molecule has 5 atom stereocenters. The molecule has 2 amide bonds. The lowest BCUT2D eigenvalue weighted by Gasteiger charge is -2.19. The molecule has 2 saturated heterocycles. The van der Waals surface area contributed by atoms with Crippen LogP contribution in [0.15, 0.2) is 49.1 Å². The van der Waals surface area contributed by atoms with Crippen molar-refractivity contribution in [3.05, 3.63) is 54.6 Å². The molecule has 0 radical (unpaired) electrons. The molecular weight excluding hydrogens is 428 g/mol. The molecule has 0 aliphatic carbocycles. The van der Waals surface area contributed by atoms with Crippen LogP contribution < -0.4 is 10.6 Å². The molecule has 1 aromatic carbocycles. The molecule has 2 fully saturated rings. The lowest BCUT2D eigenvalue weighted by Crippen LogP contribution is -2.30. The molecule has 2 aromatic heterocycles. The van der Waals surface area contributed by atoms with Crippen molar-refractivity contribution in [1.29, 1.82) is 0 Å². The van der Waals surface area contributed by atoms with Gasteiger partial charge in [-0.3, -0.25) is 9.88 Å². The summed E-state index contributed by atoms with van der Waals surface area (Å²) in [5, 5.41) is 15.2. The molecule has 5 rings (SSSR count). The third-order valence-electron chi connectivity index (χ3n) is 5.50. The fraction of sp³-hybridized carbons (Fsp3) is 0.364. The smallest absolute Gasteiger partial charge is 0.320 e. The Balaban J connectivity index is 1.39. The predicted molar refractivity (Wildman–Crippen MR) is 118 cm³/mol. The van der Waals surface area contributed by atoms with Gasteiger partial charge in [-0.05, 0) is 18.6 Å². The second-order valence-corrected chi connectivity index (χ2v) is 7.62. The molecule has 2 aliphatic heterocycles. The number of hydrogen-bond acceptors (Lipinski definition) is 8. The van der Waals surface area contributed by atoms with E-state index < -0.39 is 30.8 Å². The van der Waals surface area contributed by atoms with Gasteiger partial charge in [0.1, 0.15) is 24.6 Å². The number of fused-ring (bicyclic) bond motifs is 2. The van der Waals surface area contributed by atoms with Gasteiger partial charge in [-0.2, -0.15) is 0 Å². The number of carbonyl (C=O) groups is 1. The zero-order valence-corrected chi connectivity index (χ0v) is 17.9. The maximum atomic E-state index is 11.9. The van der Waals surface area contributed by atoms with Crippen molar-refractivity contribution in [3.8, 4) is 0 Å². The van der Waals surface area contributed by atoms with E-state index in [-0.39, 0.29) is 18.5 Å². The molecule has 3 unspecified atom stereocenters. The number of nitrogens with one attached hydrogen (secondary N) is 2. The molecule has 2 aliphatic rings. The number of aliphatic hydroxyl groups is 1. The van der Waals surface area contributed by atoms with Crippen molar-refractivity contribution in [2.45, 2.75) is 37.8 Å². The molecule has 0 spiro atoms. The zero-order chi connectivity index (χ0) is 22.8. The number of aliphatic hydroxyl groups excluding tert-OH is 1. The Morgan fingerprint density at radius 3 is 2.76 bits per heavy atom. The van der Waals surface area contributed by atoms with Gasteiger partial charge >= 0.3 is 6.03 Å². The lowest BCUT2D eigenvalue weighted by molar-refractivity contribution is -0.133. The number of ether oxygens (including phenoxy) is 3. The highest BCUT2D eigenvalue weighted by atomic mass is 16.8. The van der Waals surface area contributed by atoms with Gasteiger partial charge in [0.15, 0.2) is 29.5 Å². The van der Waals surface area contributed by atoms with E-state index in [4.69, 9.17) is 14.2 Å². The number of imidazole rings is 1. The predicted octanol–water partition coefficient (Wildman–Crippen LogP) is 1.68. The minimum absolute atomic E-state index is 0.220. The standard InChI is InChI=1S/C22H24N6O5/c1-2-23-22(30)27-19-16-20(25-11-24-19)28(12-26-16)21-18-17(14(10-29)31-21)32-15(33-18)9-8-13-6-4-3-5-7-13/h3-9,11-12,14-15,17-18,21,29H,2,10H2,1H3,(H2,23,24,25,27,30)/b9-8+/t14?,15-,17?,18-,21?/m0/s1. The van der Waals surface area contributed by atoms with Crippen molar-refractivity contribution < 1.29 is 24.1 Å². The van der Waals surface area contributed by atoms with Gasteiger partial charge in [0.05, 0.1) is 12.9 Å². The minimum atomic E-state index is -0.625. The average molecular weight is 452 g/mol. The fourth-order valence-corrected chi connectivity index (χ4v) is 4.02. The first-order valence-electron chi connectivity index (χ1n) is 10.7. The Morgan fingerprint density at radius 1 is 1.15 bits per heavy atom. The Morgan fingerprint density at radius 2 is 1.97 bits per heavy atom. The number of rotatable bonds is 6. The number of nitrogens with zero attached hydrogens (tertiary/aromatic N) is 4. The van der Waals surface area contributed by atoms with Gasteiger partial charge in [-0.15, -0.1) is 0 Å². The van der Waals surface area contributed by atoms with Crippen LogP contribution in [0, 0.1) is 0 Å². The summed E-state index contributed by atoms with van der Waals surface area (Å²) < 4.78 is 19.9. The quantitative estimate of drug-likeness (QED) is 0.515. The first-order chi connectivity index (χ1) is 16.2. The number of aromatic nitrogens is 4. The highest BCUT2D eigenvalue weighted by Crippen LogP contribution is 2.40. The Hall–Kier alpha value is -3.38. The summed E-state index contributed by atoms with van der Waals surface area (Å²) in [7, 11) is 0. The molecule has 11 heteroatoms. The van der Waals surface area contributed by atoms with E-state index in [0.29, 0.717) is 17.7 Å². The van der Waals surface area contributed by atoms with Gasteiger partial charge in [-0.1, -0.05) is 36.4 Å². The van der Waals surface area contributed by atoms with Crippen LogP contribution in [0.1, 0.15) is 18.7 Å². The van der Waals surface area contributed by atoms with E-state index in [1.807, 2.05) is 49.4 Å². The summed E-state index contributed by atoms with van der Waals surface area (Å²) in [6.07, 6.45) is 3.94. The molecule has 3 N–H and O–H groups in total. The number of benzene rings is 1. The van der Waals surface area contributed by atoms with E-state index in [2.05, 4.69) is 25.6 Å². The van der Waals surface area contributed by atoms with Gasteiger partial charge in [0.2, 0.25) is 0 Å². The second-order valence-electron chi connectivity index (χ2n) is 7.62. The number of hydrogen-bond donors (Lipinski definition) is 3. The summed E-state index contributed by atoms with van der Waals surface area (Å²) in [6.45, 7) is 2.08. The van der Waals surface area contributed by atoms with Crippen molar-refractivity contribution in [2.75, 3.05) is 18.5 Å². The Kier molecular flexibility index (Phi) is 6.01. The van der Waals surface area contributed by atoms with Crippen LogP contribution in [0.25, 0.3) is 17.2 Å². The van der Waals surface area contributed by atoms with Crippen molar-refractivity contribution >= 4 is 29.1 Å². The van der Waals surface area contributed by atoms with Crippen LogP contribution in [0.4, 0.5) is 10.6 Å². The third kappa shape index (κ3) is 4.18. The fourth-order valence-electron chi connectivity index (χ4n) is 4.02. The monoisotopic (exact) mass is 452 g/mol. The number of carbonyl (C=O) groups excluding carboxylic acids is 1. The highest BCUT2D eigenvalue weighted by molar-refractivity contribution is 5.95. The third-order valence-corrected chi connectivity index (χ3v) is 5.50. The number of urea groups is 1. The van der Waals surface area contributed by atoms with Crippen molar-refractivity contribution in [2.24, 2.45) is 0 Å². The van der Waals surface area contributed by atoms with E-state index in [9.17, 15) is 9.90 Å². The maximum Gasteiger partial charge on any atom is 0.320 e. The van der Waals surface area contributed by atoms with Gasteiger partial charge in [-0.25, -0.2) is 19.7 Å². The molecular formula is C22H24N6O5. The second kappa shape index (κ2) is 9.24. The average Bonchev–Trinajstić information content (AvgIpc) is 3.52. The van der Waals surface area contributed by atoms with Crippen LogP contribution in [0.3, 0.4) is 0 Å². The summed E-state index contributed by atoms with van der Waals surface area (Å²) in [5.41, 5.74) is 1.90. The number of amides is 2. The number of anilines is 1. The Labute approximate surface area is 189 Å². The first-order valence-corrected chi connectivity index (χ1v) is 10.7. The summed E-state index contributed by atoms with van der Waals surface area (Å²) in [6, 6.07) is 9.45. The van der Waals surface area contributed by atoms with E-state index in [1.54, 1.807) is 10.9 Å².